The zero-order valence-corrected chi connectivity index (χ0v) is 14.5. The van der Waals surface area contributed by atoms with Crippen molar-refractivity contribution in [1.82, 2.24) is 5.32 Å². The van der Waals surface area contributed by atoms with Gasteiger partial charge in [-0.3, -0.25) is 4.79 Å². The van der Waals surface area contributed by atoms with Crippen molar-refractivity contribution < 1.29 is 14.3 Å². The van der Waals surface area contributed by atoms with Crippen LogP contribution < -0.4 is 21.1 Å². The molecule has 0 atom stereocenters. The summed E-state index contributed by atoms with van der Waals surface area (Å²) in [5, 5.41) is 5.36. The Labute approximate surface area is 147 Å². The summed E-state index contributed by atoms with van der Waals surface area (Å²) in [7, 11) is 0. The van der Waals surface area contributed by atoms with Crippen molar-refractivity contribution in [1.29, 1.82) is 0 Å². The van der Waals surface area contributed by atoms with Crippen LogP contribution in [0.1, 0.15) is 27.9 Å². The van der Waals surface area contributed by atoms with Crippen LogP contribution in [0.25, 0.3) is 0 Å². The third-order valence-electron chi connectivity index (χ3n) is 3.70. The minimum Gasteiger partial charge on any atom is -0.493 e. The SMILES string of the molecule is Cc1cccc(C)c1OCCCNC(=O)Nc1ccccc1C(N)=O. The van der Waals surface area contributed by atoms with E-state index in [1.165, 1.54) is 0 Å². The molecule has 0 aromatic heterocycles. The molecular formula is C19H23N3O3. The van der Waals surface area contributed by atoms with Crippen LogP contribution in [-0.4, -0.2) is 25.1 Å². The molecule has 0 unspecified atom stereocenters. The molecule has 6 heteroatoms. The first-order valence-corrected chi connectivity index (χ1v) is 8.11. The smallest absolute Gasteiger partial charge is 0.319 e. The Morgan fingerprint density at radius 1 is 1.04 bits per heavy atom. The van der Waals surface area contributed by atoms with Gasteiger partial charge >= 0.3 is 6.03 Å². The predicted molar refractivity (Wildman–Crippen MR) is 98.0 cm³/mol. The molecule has 0 spiro atoms. The van der Waals surface area contributed by atoms with Gasteiger partial charge in [-0.25, -0.2) is 4.79 Å². The number of anilines is 1. The molecule has 0 saturated carbocycles. The van der Waals surface area contributed by atoms with E-state index in [9.17, 15) is 9.59 Å². The Hall–Kier alpha value is -3.02. The maximum Gasteiger partial charge on any atom is 0.319 e. The summed E-state index contributed by atoms with van der Waals surface area (Å²) in [6, 6.07) is 12.2. The maximum absolute atomic E-state index is 11.9. The van der Waals surface area contributed by atoms with Crippen molar-refractivity contribution in [3.8, 4) is 5.75 Å². The van der Waals surface area contributed by atoms with Crippen LogP contribution in [0.3, 0.4) is 0 Å². The quantitative estimate of drug-likeness (QED) is 0.676. The Kier molecular flexibility index (Phi) is 6.39. The molecule has 0 heterocycles. The van der Waals surface area contributed by atoms with Gasteiger partial charge in [0.25, 0.3) is 5.91 Å². The summed E-state index contributed by atoms with van der Waals surface area (Å²) in [5.74, 6) is 0.306. The van der Waals surface area contributed by atoms with E-state index in [1.807, 2.05) is 32.0 Å². The molecule has 0 bridgehead atoms. The van der Waals surface area contributed by atoms with Crippen molar-refractivity contribution in [2.75, 3.05) is 18.5 Å². The highest BCUT2D eigenvalue weighted by Gasteiger charge is 2.09. The second-order valence-corrected chi connectivity index (χ2v) is 5.71. The van der Waals surface area contributed by atoms with E-state index in [4.69, 9.17) is 10.5 Å². The van der Waals surface area contributed by atoms with Crippen LogP contribution in [0.2, 0.25) is 0 Å². The lowest BCUT2D eigenvalue weighted by atomic mass is 10.1. The number of carbonyl (C=O) groups excluding carboxylic acids is 2. The Bertz CT molecular complexity index is 739. The molecule has 0 saturated heterocycles. The molecule has 25 heavy (non-hydrogen) atoms. The normalized spacial score (nSPS) is 10.2. The van der Waals surface area contributed by atoms with Gasteiger partial charge in [0.15, 0.2) is 0 Å². The summed E-state index contributed by atoms with van der Waals surface area (Å²) in [5.41, 5.74) is 8.13. The average molecular weight is 341 g/mol. The minimum absolute atomic E-state index is 0.274. The fraction of sp³-hybridized carbons (Fsp3) is 0.263. The fourth-order valence-electron chi connectivity index (χ4n) is 2.45. The number of nitrogens with two attached hydrogens (primary N) is 1. The lowest BCUT2D eigenvalue weighted by Crippen LogP contribution is -2.31. The monoisotopic (exact) mass is 341 g/mol. The number of amides is 3. The maximum atomic E-state index is 11.9. The molecule has 2 aromatic carbocycles. The van der Waals surface area contributed by atoms with Gasteiger partial charge in [0.2, 0.25) is 0 Å². The van der Waals surface area contributed by atoms with Gasteiger partial charge in [-0.2, -0.15) is 0 Å². The number of ether oxygens (including phenoxy) is 1. The third kappa shape index (κ3) is 5.24. The highest BCUT2D eigenvalue weighted by molar-refractivity contribution is 6.02. The average Bonchev–Trinajstić information content (AvgIpc) is 2.57. The van der Waals surface area contributed by atoms with Crippen LogP contribution in [-0.2, 0) is 0 Å². The van der Waals surface area contributed by atoms with Crippen molar-refractivity contribution in [3.63, 3.8) is 0 Å². The Balaban J connectivity index is 1.75. The van der Waals surface area contributed by atoms with E-state index in [0.717, 1.165) is 16.9 Å². The molecule has 0 aliphatic heterocycles. The van der Waals surface area contributed by atoms with E-state index >= 15 is 0 Å². The first kappa shape index (κ1) is 18.3. The van der Waals surface area contributed by atoms with E-state index < -0.39 is 5.91 Å². The number of hydrogen-bond acceptors (Lipinski definition) is 3. The summed E-state index contributed by atoms with van der Waals surface area (Å²) in [6.07, 6.45) is 0.665. The molecule has 0 fully saturated rings. The van der Waals surface area contributed by atoms with Crippen LogP contribution in [0, 0.1) is 13.8 Å². The zero-order valence-electron chi connectivity index (χ0n) is 14.5. The van der Waals surface area contributed by atoms with E-state index in [-0.39, 0.29) is 11.6 Å². The number of nitrogens with one attached hydrogen (secondary N) is 2. The summed E-state index contributed by atoms with van der Waals surface area (Å²) < 4.78 is 5.79. The van der Waals surface area contributed by atoms with Crippen LogP contribution in [0.4, 0.5) is 10.5 Å². The molecule has 3 amide bonds. The standard InChI is InChI=1S/C19H23N3O3/c1-13-7-5-8-14(2)17(13)25-12-6-11-21-19(24)22-16-10-4-3-9-15(16)18(20)23/h3-5,7-10H,6,11-12H2,1-2H3,(H2,20,23)(H2,21,22,24). The number of urea groups is 1. The number of para-hydroxylation sites is 2. The number of primary amides is 1. The van der Waals surface area contributed by atoms with Crippen LogP contribution >= 0.6 is 0 Å². The molecule has 0 aliphatic carbocycles. The predicted octanol–water partition coefficient (Wildman–Crippen LogP) is 2.99. The van der Waals surface area contributed by atoms with Gasteiger partial charge in [-0.15, -0.1) is 0 Å². The van der Waals surface area contributed by atoms with Gasteiger partial charge in [-0.1, -0.05) is 30.3 Å². The van der Waals surface area contributed by atoms with Crippen LogP contribution in [0.15, 0.2) is 42.5 Å². The number of aryl methyl sites for hydroxylation is 2. The highest BCUT2D eigenvalue weighted by Crippen LogP contribution is 2.22. The molecule has 132 valence electrons. The highest BCUT2D eigenvalue weighted by atomic mass is 16.5. The van der Waals surface area contributed by atoms with E-state index in [0.29, 0.717) is 25.3 Å². The molecule has 2 rings (SSSR count). The van der Waals surface area contributed by atoms with Crippen molar-refractivity contribution in [2.45, 2.75) is 20.3 Å². The summed E-state index contributed by atoms with van der Waals surface area (Å²) in [4.78, 5) is 23.2. The van der Waals surface area contributed by atoms with Gasteiger partial charge < -0.3 is 21.1 Å². The topological polar surface area (TPSA) is 93.4 Å². The largest absolute Gasteiger partial charge is 0.493 e. The number of rotatable bonds is 7. The first-order chi connectivity index (χ1) is 12.0. The number of hydrogen-bond donors (Lipinski definition) is 3. The van der Waals surface area contributed by atoms with Gasteiger partial charge in [0.05, 0.1) is 17.9 Å². The van der Waals surface area contributed by atoms with Gasteiger partial charge in [0.1, 0.15) is 5.75 Å². The lowest BCUT2D eigenvalue weighted by Gasteiger charge is -2.13. The van der Waals surface area contributed by atoms with Gasteiger partial charge in [0, 0.05) is 6.54 Å². The second kappa shape index (κ2) is 8.73. The lowest BCUT2D eigenvalue weighted by molar-refractivity contribution is 0.100. The first-order valence-electron chi connectivity index (χ1n) is 8.11. The van der Waals surface area contributed by atoms with Crippen LogP contribution in [0.5, 0.6) is 5.75 Å². The zero-order chi connectivity index (χ0) is 18.2. The Morgan fingerprint density at radius 2 is 1.72 bits per heavy atom. The minimum atomic E-state index is -0.585. The van der Waals surface area contributed by atoms with E-state index in [2.05, 4.69) is 10.6 Å². The van der Waals surface area contributed by atoms with Gasteiger partial charge in [-0.05, 0) is 43.5 Å². The Morgan fingerprint density at radius 3 is 2.40 bits per heavy atom. The molecule has 2 aromatic rings. The number of benzene rings is 2. The van der Waals surface area contributed by atoms with Crippen molar-refractivity contribution in [3.05, 3.63) is 59.2 Å². The van der Waals surface area contributed by atoms with Crippen molar-refractivity contribution in [2.24, 2.45) is 5.73 Å². The van der Waals surface area contributed by atoms with E-state index in [1.54, 1.807) is 24.3 Å². The number of carbonyl (C=O) groups is 2. The summed E-state index contributed by atoms with van der Waals surface area (Å²) in [6.45, 7) is 4.97. The second-order valence-electron chi connectivity index (χ2n) is 5.71. The molecule has 0 aliphatic rings. The molecular weight excluding hydrogens is 318 g/mol. The molecule has 6 nitrogen and oxygen atoms in total. The summed E-state index contributed by atoms with van der Waals surface area (Å²) >= 11 is 0. The van der Waals surface area contributed by atoms with Crippen molar-refractivity contribution >= 4 is 17.6 Å². The third-order valence-corrected chi connectivity index (χ3v) is 3.70. The fourth-order valence-corrected chi connectivity index (χ4v) is 2.45. The molecule has 4 N–H and O–H groups in total. The molecule has 0 radical (unpaired) electrons.